The summed E-state index contributed by atoms with van der Waals surface area (Å²) in [5.41, 5.74) is 3.24. The number of esters is 1. The van der Waals surface area contributed by atoms with Crippen LogP contribution in [0.4, 0.5) is 0 Å². The Morgan fingerprint density at radius 3 is 1.70 bits per heavy atom. The lowest BCUT2D eigenvalue weighted by Gasteiger charge is -2.38. The van der Waals surface area contributed by atoms with Gasteiger partial charge in [0.05, 0.1) is 32.3 Å². The maximum atomic E-state index is 13.9. The van der Waals surface area contributed by atoms with E-state index in [1.54, 1.807) is 50.4 Å². The van der Waals surface area contributed by atoms with Gasteiger partial charge in [0.1, 0.15) is 6.04 Å². The maximum absolute atomic E-state index is 13.9. The Morgan fingerprint density at radius 1 is 0.727 bits per heavy atom. The van der Waals surface area contributed by atoms with Crippen LogP contribution in [0.1, 0.15) is 23.6 Å². The number of carbonyl (C=O) groups excluding carboxylic acids is 1. The molecule has 0 aliphatic heterocycles. The van der Waals surface area contributed by atoms with Gasteiger partial charge in [0.25, 0.3) is 0 Å². The molecule has 44 heavy (non-hydrogen) atoms. The second kappa shape index (κ2) is 12.2. The Bertz CT molecular complexity index is 1910. The molecular formula is C36H29Cl2N3O3. The third-order valence-electron chi connectivity index (χ3n) is 7.82. The van der Waals surface area contributed by atoms with Crippen molar-refractivity contribution >= 4 is 40.2 Å². The lowest BCUT2D eigenvalue weighted by atomic mass is 9.76. The molecule has 6 rings (SSSR count). The highest BCUT2D eigenvalue weighted by atomic mass is 35.5. The topological polar surface area (TPSA) is 65.3 Å². The number of halogens is 2. The minimum atomic E-state index is -0.871. The van der Waals surface area contributed by atoms with Crippen LogP contribution in [0, 0.1) is 0 Å². The van der Waals surface area contributed by atoms with Crippen LogP contribution < -0.4 is 15.7 Å². The minimum Gasteiger partial charge on any atom is -0.423 e. The fourth-order valence-electron chi connectivity index (χ4n) is 5.69. The van der Waals surface area contributed by atoms with Crippen molar-refractivity contribution < 1.29 is 9.53 Å². The van der Waals surface area contributed by atoms with Crippen molar-refractivity contribution in [3.8, 4) is 11.4 Å². The first-order valence-electron chi connectivity index (χ1n) is 14.1. The minimum absolute atomic E-state index is 0.233. The molecule has 0 aliphatic carbocycles. The lowest BCUT2D eigenvalue weighted by Crippen LogP contribution is -2.52. The van der Waals surface area contributed by atoms with Crippen LogP contribution in [0.25, 0.3) is 16.7 Å². The summed E-state index contributed by atoms with van der Waals surface area (Å²) in [4.78, 5) is 27.3. The molecule has 0 unspecified atom stereocenters. The Balaban J connectivity index is 1.41. The van der Waals surface area contributed by atoms with Crippen LogP contribution in [0.2, 0.25) is 10.0 Å². The van der Waals surface area contributed by atoms with E-state index in [9.17, 15) is 9.59 Å². The van der Waals surface area contributed by atoms with Crippen LogP contribution >= 0.6 is 23.2 Å². The highest BCUT2D eigenvalue weighted by Gasteiger charge is 2.39. The zero-order chi connectivity index (χ0) is 30.8. The van der Waals surface area contributed by atoms with Gasteiger partial charge < -0.3 is 4.74 Å². The van der Waals surface area contributed by atoms with Crippen molar-refractivity contribution in [1.82, 2.24) is 14.5 Å². The van der Waals surface area contributed by atoms with E-state index in [1.807, 2.05) is 91.0 Å². The van der Waals surface area contributed by atoms with Crippen molar-refractivity contribution in [2.45, 2.75) is 18.5 Å². The first-order chi connectivity index (χ1) is 21.3. The SMILES string of the molecule is C[C@H](NC(c1ccccc1)(c1ccccc1)c1ccccc1)C(=O)Oc1ccccc1-n1c(=O)n(C)c2cc(Cl)c(Cl)cc21. The van der Waals surface area contributed by atoms with E-state index in [2.05, 4.69) is 5.32 Å². The van der Waals surface area contributed by atoms with Gasteiger partial charge in [-0.15, -0.1) is 0 Å². The van der Waals surface area contributed by atoms with Gasteiger partial charge in [0, 0.05) is 7.05 Å². The molecule has 1 atom stereocenters. The number of fused-ring (bicyclic) bond motifs is 1. The smallest absolute Gasteiger partial charge is 0.333 e. The Morgan fingerprint density at radius 2 is 1.18 bits per heavy atom. The van der Waals surface area contributed by atoms with Crippen molar-refractivity contribution in [2.75, 3.05) is 0 Å². The molecule has 0 aliphatic rings. The molecule has 6 aromatic rings. The highest BCUT2D eigenvalue weighted by Crippen LogP contribution is 2.37. The largest absolute Gasteiger partial charge is 0.423 e. The molecule has 1 heterocycles. The molecule has 0 radical (unpaired) electrons. The van der Waals surface area contributed by atoms with Crippen LogP contribution in [0.3, 0.4) is 0 Å². The predicted molar refractivity (Wildman–Crippen MR) is 176 cm³/mol. The molecule has 220 valence electrons. The van der Waals surface area contributed by atoms with Gasteiger partial charge in [-0.2, -0.15) is 0 Å². The number of nitrogens with one attached hydrogen (secondary N) is 1. The maximum Gasteiger partial charge on any atom is 0.333 e. The van der Waals surface area contributed by atoms with Crippen molar-refractivity contribution in [3.63, 3.8) is 0 Å². The Labute approximate surface area is 265 Å². The number of rotatable bonds is 8. The van der Waals surface area contributed by atoms with Crippen molar-refractivity contribution in [2.24, 2.45) is 7.05 Å². The first kappa shape index (κ1) is 29.5. The standard InChI is InChI=1S/C36H29Cl2N3O3/c1-24(39-36(25-14-6-3-7-15-25,26-16-8-4-9-17-26)27-18-10-5-11-19-27)34(42)44-33-21-13-12-20-30(33)41-32-23-29(38)28(37)22-31(32)40(2)35(41)43/h3-24,39H,1-2H3/t24-/m0/s1. The second-order valence-electron chi connectivity index (χ2n) is 10.5. The van der Waals surface area contributed by atoms with E-state index >= 15 is 0 Å². The Hall–Kier alpha value is -4.62. The third kappa shape index (κ3) is 5.22. The fraction of sp³-hybridized carbons (Fsp3) is 0.111. The number of hydrogen-bond acceptors (Lipinski definition) is 4. The molecule has 1 aromatic heterocycles. The van der Waals surface area contributed by atoms with Crippen LogP contribution in [-0.2, 0) is 17.4 Å². The predicted octanol–water partition coefficient (Wildman–Crippen LogP) is 7.51. The molecule has 6 nitrogen and oxygen atoms in total. The average Bonchev–Trinajstić information content (AvgIpc) is 3.29. The van der Waals surface area contributed by atoms with Crippen LogP contribution in [0.15, 0.2) is 132 Å². The molecule has 0 amide bonds. The molecule has 0 fully saturated rings. The van der Waals surface area contributed by atoms with Crippen molar-refractivity contribution in [1.29, 1.82) is 0 Å². The fourth-order valence-corrected chi connectivity index (χ4v) is 6.00. The van der Waals surface area contributed by atoms with Gasteiger partial charge in [0.15, 0.2) is 5.75 Å². The van der Waals surface area contributed by atoms with Gasteiger partial charge in [0.2, 0.25) is 0 Å². The number of ether oxygens (including phenoxy) is 1. The van der Waals surface area contributed by atoms with Gasteiger partial charge >= 0.3 is 11.7 Å². The van der Waals surface area contributed by atoms with Gasteiger partial charge in [-0.1, -0.05) is 126 Å². The van der Waals surface area contributed by atoms with E-state index in [0.717, 1.165) is 16.7 Å². The van der Waals surface area contributed by atoms with E-state index in [4.69, 9.17) is 27.9 Å². The van der Waals surface area contributed by atoms with Gasteiger partial charge in [-0.3, -0.25) is 14.5 Å². The summed E-state index contributed by atoms with van der Waals surface area (Å²) < 4.78 is 9.01. The Kier molecular flexibility index (Phi) is 8.15. The van der Waals surface area contributed by atoms with E-state index < -0.39 is 17.6 Å². The summed E-state index contributed by atoms with van der Waals surface area (Å²) >= 11 is 12.6. The van der Waals surface area contributed by atoms with E-state index in [0.29, 0.717) is 26.8 Å². The zero-order valence-electron chi connectivity index (χ0n) is 24.1. The van der Waals surface area contributed by atoms with E-state index in [-0.39, 0.29) is 11.4 Å². The normalized spacial score (nSPS) is 12.3. The zero-order valence-corrected chi connectivity index (χ0v) is 25.6. The third-order valence-corrected chi connectivity index (χ3v) is 8.54. The quantitative estimate of drug-likeness (QED) is 0.108. The lowest BCUT2D eigenvalue weighted by molar-refractivity contribution is -0.136. The van der Waals surface area contributed by atoms with Crippen LogP contribution in [0.5, 0.6) is 5.75 Å². The summed E-state index contributed by atoms with van der Waals surface area (Å²) in [5.74, 6) is -0.282. The van der Waals surface area contributed by atoms with Gasteiger partial charge in [-0.05, 0) is 47.9 Å². The summed E-state index contributed by atoms with van der Waals surface area (Å²) in [7, 11) is 1.66. The molecule has 1 N–H and O–H groups in total. The molecule has 0 spiro atoms. The van der Waals surface area contributed by atoms with Crippen molar-refractivity contribution in [3.05, 3.63) is 165 Å². The summed E-state index contributed by atoms with van der Waals surface area (Å²) in [5, 5.41) is 4.29. The summed E-state index contributed by atoms with van der Waals surface area (Å²) in [6.45, 7) is 1.78. The number of para-hydroxylation sites is 2. The van der Waals surface area contributed by atoms with E-state index in [1.165, 1.54) is 9.13 Å². The van der Waals surface area contributed by atoms with Crippen LogP contribution in [-0.4, -0.2) is 21.1 Å². The summed E-state index contributed by atoms with van der Waals surface area (Å²) in [6.07, 6.45) is 0. The number of hydrogen-bond donors (Lipinski definition) is 1. The number of imidazole rings is 1. The number of nitrogens with zero attached hydrogens (tertiary/aromatic N) is 2. The molecular weight excluding hydrogens is 593 g/mol. The highest BCUT2D eigenvalue weighted by molar-refractivity contribution is 6.42. The summed E-state index contributed by atoms with van der Waals surface area (Å²) in [6, 6.07) is 39.5. The number of benzene rings is 5. The second-order valence-corrected chi connectivity index (χ2v) is 11.3. The monoisotopic (exact) mass is 621 g/mol. The molecule has 0 saturated carbocycles. The molecule has 5 aromatic carbocycles. The number of carbonyl (C=O) groups is 1. The molecule has 0 bridgehead atoms. The first-order valence-corrected chi connectivity index (χ1v) is 14.9. The molecule has 8 heteroatoms. The molecule has 0 saturated heterocycles. The average molecular weight is 623 g/mol. The number of aromatic nitrogens is 2. The van der Waals surface area contributed by atoms with Gasteiger partial charge in [-0.25, -0.2) is 9.59 Å². The number of aryl methyl sites for hydroxylation is 1.